The van der Waals surface area contributed by atoms with Gasteiger partial charge in [-0.2, -0.15) is 0 Å². The predicted molar refractivity (Wildman–Crippen MR) is 55.3 cm³/mol. The molecule has 1 aromatic rings. The third kappa shape index (κ3) is 2.37. The van der Waals surface area contributed by atoms with Gasteiger partial charge in [0.05, 0.1) is 7.11 Å². The molecule has 1 atom stereocenters. The average Bonchev–Trinajstić information content (AvgIpc) is 2.17. The Morgan fingerprint density at radius 3 is 2.71 bits per heavy atom. The molecule has 0 spiro atoms. The van der Waals surface area contributed by atoms with E-state index in [1.165, 1.54) is 0 Å². The van der Waals surface area contributed by atoms with E-state index in [1.807, 2.05) is 0 Å². The first-order chi connectivity index (χ1) is 6.69. The molecule has 0 fully saturated rings. The van der Waals surface area contributed by atoms with E-state index in [0.29, 0.717) is 24.3 Å². The smallest absolute Gasteiger partial charge is 0.124 e. The van der Waals surface area contributed by atoms with Crippen LogP contribution in [0.5, 0.6) is 11.5 Å². The van der Waals surface area contributed by atoms with Crippen LogP contribution in [0.1, 0.15) is 18.0 Å². The first kappa shape index (κ1) is 10.8. The van der Waals surface area contributed by atoms with Gasteiger partial charge in [0.1, 0.15) is 11.5 Å². The summed E-state index contributed by atoms with van der Waals surface area (Å²) in [6, 6.07) is 4.86. The monoisotopic (exact) mass is 196 g/mol. The molecular weight excluding hydrogens is 180 g/mol. The highest BCUT2D eigenvalue weighted by Gasteiger charge is 2.10. The normalized spacial score (nSPS) is 12.5. The summed E-state index contributed by atoms with van der Waals surface area (Å²) in [4.78, 5) is 0. The Balaban J connectivity index is 2.88. The van der Waals surface area contributed by atoms with Crippen molar-refractivity contribution < 1.29 is 9.84 Å². The summed E-state index contributed by atoms with van der Waals surface area (Å²) >= 11 is 0. The van der Waals surface area contributed by atoms with E-state index in [0.717, 1.165) is 0 Å². The van der Waals surface area contributed by atoms with Crippen molar-refractivity contribution in [3.05, 3.63) is 23.8 Å². The maximum Gasteiger partial charge on any atom is 0.124 e. The highest BCUT2D eigenvalue weighted by atomic mass is 16.5. The molecule has 4 nitrogen and oxygen atoms in total. The van der Waals surface area contributed by atoms with Gasteiger partial charge in [0.15, 0.2) is 0 Å². The van der Waals surface area contributed by atoms with Gasteiger partial charge >= 0.3 is 0 Å². The highest BCUT2D eigenvalue weighted by molar-refractivity contribution is 5.41. The lowest BCUT2D eigenvalue weighted by Gasteiger charge is -2.13. The Morgan fingerprint density at radius 1 is 1.50 bits per heavy atom. The van der Waals surface area contributed by atoms with Gasteiger partial charge in [-0.05, 0) is 19.0 Å². The van der Waals surface area contributed by atoms with Gasteiger partial charge in [-0.25, -0.2) is 0 Å². The quantitative estimate of drug-likeness (QED) is 0.663. The molecule has 5 N–H and O–H groups in total. The zero-order valence-electron chi connectivity index (χ0n) is 8.23. The zero-order valence-corrected chi connectivity index (χ0v) is 8.23. The first-order valence-electron chi connectivity index (χ1n) is 4.51. The number of rotatable bonds is 4. The first-order valence-corrected chi connectivity index (χ1v) is 4.51. The molecule has 0 amide bonds. The van der Waals surface area contributed by atoms with Crippen LogP contribution >= 0.6 is 0 Å². The Labute approximate surface area is 83.5 Å². The molecule has 1 aromatic carbocycles. The molecule has 0 bridgehead atoms. The van der Waals surface area contributed by atoms with Crippen molar-refractivity contribution in [2.45, 2.75) is 12.5 Å². The SMILES string of the molecule is COc1ccc([C@@H](N)CCN)c(O)c1. The number of methoxy groups -OCH3 is 1. The number of aromatic hydroxyl groups is 1. The predicted octanol–water partition coefficient (Wildman–Crippen LogP) is 0.749. The molecule has 0 saturated carbocycles. The number of hydrogen-bond donors (Lipinski definition) is 3. The van der Waals surface area contributed by atoms with Crippen LogP contribution in [0.2, 0.25) is 0 Å². The van der Waals surface area contributed by atoms with Gasteiger partial charge in [-0.3, -0.25) is 0 Å². The molecule has 0 aliphatic rings. The number of hydrogen-bond acceptors (Lipinski definition) is 4. The van der Waals surface area contributed by atoms with E-state index in [-0.39, 0.29) is 11.8 Å². The number of phenolic OH excluding ortho intramolecular Hbond substituents is 1. The van der Waals surface area contributed by atoms with Crippen molar-refractivity contribution in [2.75, 3.05) is 13.7 Å². The Kier molecular flexibility index (Phi) is 3.73. The van der Waals surface area contributed by atoms with E-state index in [2.05, 4.69) is 0 Å². The van der Waals surface area contributed by atoms with Crippen LogP contribution in [-0.2, 0) is 0 Å². The topological polar surface area (TPSA) is 81.5 Å². The lowest BCUT2D eigenvalue weighted by Crippen LogP contribution is -2.15. The van der Waals surface area contributed by atoms with Crippen molar-refractivity contribution in [1.82, 2.24) is 0 Å². The van der Waals surface area contributed by atoms with Gasteiger partial charge in [0.25, 0.3) is 0 Å². The van der Waals surface area contributed by atoms with Gasteiger partial charge in [-0.15, -0.1) is 0 Å². The highest BCUT2D eigenvalue weighted by Crippen LogP contribution is 2.28. The number of phenols is 1. The van der Waals surface area contributed by atoms with Crippen LogP contribution in [0.3, 0.4) is 0 Å². The van der Waals surface area contributed by atoms with Crippen LogP contribution in [0.4, 0.5) is 0 Å². The molecule has 78 valence electrons. The second kappa shape index (κ2) is 4.83. The fraction of sp³-hybridized carbons (Fsp3) is 0.400. The minimum Gasteiger partial charge on any atom is -0.507 e. The van der Waals surface area contributed by atoms with Crippen molar-refractivity contribution in [3.63, 3.8) is 0 Å². The van der Waals surface area contributed by atoms with Crippen molar-refractivity contribution in [3.8, 4) is 11.5 Å². The fourth-order valence-electron chi connectivity index (χ4n) is 1.30. The molecule has 0 saturated heterocycles. The number of ether oxygens (including phenoxy) is 1. The minimum atomic E-state index is -0.217. The molecule has 0 aliphatic carbocycles. The third-order valence-corrected chi connectivity index (χ3v) is 2.11. The van der Waals surface area contributed by atoms with E-state index in [1.54, 1.807) is 25.3 Å². The van der Waals surface area contributed by atoms with Gasteiger partial charge in [-0.1, -0.05) is 6.07 Å². The summed E-state index contributed by atoms with van der Waals surface area (Å²) in [5, 5.41) is 9.62. The molecule has 1 rings (SSSR count). The van der Waals surface area contributed by atoms with Gasteiger partial charge < -0.3 is 21.3 Å². The molecule has 0 aromatic heterocycles. The second-order valence-electron chi connectivity index (χ2n) is 3.11. The summed E-state index contributed by atoms with van der Waals surface area (Å²) < 4.78 is 4.96. The van der Waals surface area contributed by atoms with Crippen LogP contribution in [0.15, 0.2) is 18.2 Å². The maximum absolute atomic E-state index is 9.62. The Morgan fingerprint density at radius 2 is 2.21 bits per heavy atom. The van der Waals surface area contributed by atoms with Gasteiger partial charge in [0, 0.05) is 17.7 Å². The lowest BCUT2D eigenvalue weighted by atomic mass is 10.0. The fourth-order valence-corrected chi connectivity index (χ4v) is 1.30. The standard InChI is InChI=1S/C10H16N2O2/c1-14-7-2-3-8(10(13)6-7)9(12)4-5-11/h2-3,6,9,13H,4-5,11-12H2,1H3/t9-/m0/s1. The third-order valence-electron chi connectivity index (χ3n) is 2.11. The van der Waals surface area contributed by atoms with Crippen LogP contribution in [0, 0.1) is 0 Å². The summed E-state index contributed by atoms with van der Waals surface area (Å²) in [6.45, 7) is 0.507. The molecule has 0 radical (unpaired) electrons. The zero-order chi connectivity index (χ0) is 10.6. The van der Waals surface area contributed by atoms with E-state index < -0.39 is 0 Å². The molecule has 0 unspecified atom stereocenters. The van der Waals surface area contributed by atoms with E-state index in [9.17, 15) is 5.11 Å². The van der Waals surface area contributed by atoms with Crippen molar-refractivity contribution in [1.29, 1.82) is 0 Å². The van der Waals surface area contributed by atoms with E-state index >= 15 is 0 Å². The average molecular weight is 196 g/mol. The largest absolute Gasteiger partial charge is 0.507 e. The summed E-state index contributed by atoms with van der Waals surface area (Å²) in [6.07, 6.45) is 0.653. The van der Waals surface area contributed by atoms with Crippen LogP contribution in [0.25, 0.3) is 0 Å². The van der Waals surface area contributed by atoms with Crippen molar-refractivity contribution in [2.24, 2.45) is 11.5 Å². The summed E-state index contributed by atoms with van der Waals surface area (Å²) in [7, 11) is 1.55. The second-order valence-corrected chi connectivity index (χ2v) is 3.11. The molecule has 4 heteroatoms. The van der Waals surface area contributed by atoms with Crippen molar-refractivity contribution >= 4 is 0 Å². The van der Waals surface area contributed by atoms with E-state index in [4.69, 9.17) is 16.2 Å². The Hall–Kier alpha value is -1.26. The molecular formula is C10H16N2O2. The minimum absolute atomic E-state index is 0.158. The van der Waals surface area contributed by atoms with Crippen LogP contribution < -0.4 is 16.2 Å². The Bertz CT molecular complexity index is 302. The summed E-state index contributed by atoms with van der Waals surface area (Å²) in [5.41, 5.74) is 11.9. The number of benzene rings is 1. The molecule has 0 heterocycles. The molecule has 0 aliphatic heterocycles. The molecule has 14 heavy (non-hydrogen) atoms. The van der Waals surface area contributed by atoms with Crippen LogP contribution in [-0.4, -0.2) is 18.8 Å². The summed E-state index contributed by atoms with van der Waals surface area (Å²) in [5.74, 6) is 0.775. The maximum atomic E-state index is 9.62. The number of nitrogens with two attached hydrogens (primary N) is 2. The van der Waals surface area contributed by atoms with Gasteiger partial charge in [0.2, 0.25) is 0 Å². The lowest BCUT2D eigenvalue weighted by molar-refractivity contribution is 0.405.